The van der Waals surface area contributed by atoms with Crippen molar-refractivity contribution in [1.82, 2.24) is 10.3 Å². The van der Waals surface area contributed by atoms with Crippen LogP contribution in [0.15, 0.2) is 12.1 Å². The molecule has 0 unspecified atom stereocenters. The summed E-state index contributed by atoms with van der Waals surface area (Å²) in [5.41, 5.74) is 0.518. The Kier molecular flexibility index (Phi) is 5.08. The molecule has 0 fully saturated rings. The molecule has 7 heteroatoms. The second-order valence-corrected chi connectivity index (χ2v) is 5.75. The number of aliphatic carboxylic acids is 1. The summed E-state index contributed by atoms with van der Waals surface area (Å²) in [4.78, 5) is 26.9. The zero-order valence-corrected chi connectivity index (χ0v) is 12.2. The minimum absolute atomic E-state index is 0.151. The van der Waals surface area contributed by atoms with E-state index in [0.717, 1.165) is 0 Å². The maximum absolute atomic E-state index is 12.0. The molecule has 0 aromatic carbocycles. The number of hydrogen-bond acceptors (Lipinski definition) is 4. The number of amides is 1. The van der Waals surface area contributed by atoms with Gasteiger partial charge in [-0.05, 0) is 12.1 Å². The normalized spacial score (nSPS) is 12.8. The lowest BCUT2D eigenvalue weighted by atomic mass is 9.91. The van der Waals surface area contributed by atoms with Gasteiger partial charge in [-0.25, -0.2) is 9.78 Å². The van der Waals surface area contributed by atoms with Crippen LogP contribution < -0.4 is 5.32 Å². The van der Waals surface area contributed by atoms with Gasteiger partial charge in [0, 0.05) is 16.7 Å². The van der Waals surface area contributed by atoms with Crippen LogP contribution in [0.25, 0.3) is 0 Å². The van der Waals surface area contributed by atoms with Gasteiger partial charge in [0.15, 0.2) is 6.04 Å². The number of halogens is 1. The van der Waals surface area contributed by atoms with Gasteiger partial charge in [0.25, 0.3) is 5.91 Å². The first kappa shape index (κ1) is 16.4. The fourth-order valence-corrected chi connectivity index (χ4v) is 1.65. The van der Waals surface area contributed by atoms with Crippen LogP contribution in [0.5, 0.6) is 0 Å². The second kappa shape index (κ2) is 6.19. The van der Waals surface area contributed by atoms with Crippen LogP contribution in [-0.4, -0.2) is 39.7 Å². The Morgan fingerprint density at radius 3 is 2.45 bits per heavy atom. The average molecular weight is 301 g/mol. The average Bonchev–Trinajstić information content (AvgIpc) is 2.33. The van der Waals surface area contributed by atoms with Gasteiger partial charge in [-0.1, -0.05) is 32.4 Å². The van der Waals surface area contributed by atoms with E-state index in [-0.39, 0.29) is 16.1 Å². The van der Waals surface area contributed by atoms with Crippen molar-refractivity contribution >= 4 is 23.5 Å². The van der Waals surface area contributed by atoms with E-state index in [2.05, 4.69) is 10.3 Å². The monoisotopic (exact) mass is 300 g/mol. The van der Waals surface area contributed by atoms with Gasteiger partial charge in [-0.3, -0.25) is 4.79 Å². The van der Waals surface area contributed by atoms with Gasteiger partial charge in [0.1, 0.15) is 5.15 Å². The lowest BCUT2D eigenvalue weighted by molar-refractivity contribution is -0.140. The molecule has 1 amide bonds. The van der Waals surface area contributed by atoms with E-state index in [9.17, 15) is 9.59 Å². The van der Waals surface area contributed by atoms with Crippen LogP contribution in [0.1, 0.15) is 36.8 Å². The molecule has 1 rings (SSSR count). The molecule has 0 aliphatic carbocycles. The van der Waals surface area contributed by atoms with Gasteiger partial charge < -0.3 is 15.5 Å². The minimum atomic E-state index is -1.35. The number of aliphatic hydroxyl groups excluding tert-OH is 1. The van der Waals surface area contributed by atoms with Crippen molar-refractivity contribution in [1.29, 1.82) is 0 Å². The van der Waals surface area contributed by atoms with Gasteiger partial charge in [0.2, 0.25) is 0 Å². The summed E-state index contributed by atoms with van der Waals surface area (Å²) >= 11 is 5.88. The standard InChI is InChI=1S/C13H17ClN2O4/c1-13(2,3)9-4-7(5-10(14)16-9)11(18)15-8(6-17)12(19)20/h4-5,8,17H,6H2,1-3H3,(H,15,18)(H,19,20)/t8-/m1/s1. The number of hydrogen-bond donors (Lipinski definition) is 3. The number of carbonyl (C=O) groups is 2. The van der Waals surface area contributed by atoms with E-state index in [1.165, 1.54) is 6.07 Å². The molecule has 1 heterocycles. The maximum Gasteiger partial charge on any atom is 0.328 e. The van der Waals surface area contributed by atoms with Crippen LogP contribution in [0.2, 0.25) is 5.15 Å². The van der Waals surface area contributed by atoms with Crippen molar-refractivity contribution < 1.29 is 19.8 Å². The number of aromatic nitrogens is 1. The minimum Gasteiger partial charge on any atom is -0.480 e. The number of carbonyl (C=O) groups excluding carboxylic acids is 1. The number of rotatable bonds is 4. The highest BCUT2D eigenvalue weighted by atomic mass is 35.5. The molecule has 0 saturated carbocycles. The molecule has 0 spiro atoms. The lowest BCUT2D eigenvalue weighted by Crippen LogP contribution is -2.43. The van der Waals surface area contributed by atoms with Gasteiger partial charge in [0.05, 0.1) is 6.61 Å². The van der Waals surface area contributed by atoms with Crippen LogP contribution in [0.3, 0.4) is 0 Å². The summed E-state index contributed by atoms with van der Waals surface area (Å²) < 4.78 is 0. The highest BCUT2D eigenvalue weighted by Crippen LogP contribution is 2.23. The smallest absolute Gasteiger partial charge is 0.328 e. The summed E-state index contributed by atoms with van der Waals surface area (Å²) in [7, 11) is 0. The lowest BCUT2D eigenvalue weighted by Gasteiger charge is -2.19. The number of nitrogens with zero attached hydrogens (tertiary/aromatic N) is 1. The van der Waals surface area contributed by atoms with Gasteiger partial charge >= 0.3 is 5.97 Å². The van der Waals surface area contributed by atoms with Crippen molar-refractivity contribution in [3.63, 3.8) is 0 Å². The predicted octanol–water partition coefficient (Wildman–Crippen LogP) is 1.21. The number of carboxylic acid groups (broad SMARTS) is 1. The molecule has 0 bridgehead atoms. The molecule has 0 aliphatic rings. The molecule has 1 atom stereocenters. The third-order valence-electron chi connectivity index (χ3n) is 2.61. The number of nitrogens with one attached hydrogen (secondary N) is 1. The van der Waals surface area contributed by atoms with Crippen LogP contribution >= 0.6 is 11.6 Å². The number of aliphatic hydroxyl groups is 1. The van der Waals surface area contributed by atoms with E-state index in [0.29, 0.717) is 5.69 Å². The van der Waals surface area contributed by atoms with Crippen molar-refractivity contribution in [3.8, 4) is 0 Å². The van der Waals surface area contributed by atoms with E-state index >= 15 is 0 Å². The number of carboxylic acids is 1. The fraction of sp³-hybridized carbons (Fsp3) is 0.462. The summed E-state index contributed by atoms with van der Waals surface area (Å²) in [6.45, 7) is 5.06. The van der Waals surface area contributed by atoms with Crippen LogP contribution in [0.4, 0.5) is 0 Å². The molecule has 6 nitrogen and oxygen atoms in total. The van der Waals surface area contributed by atoms with E-state index in [4.69, 9.17) is 21.8 Å². The summed E-state index contributed by atoms with van der Waals surface area (Å²) in [5.74, 6) is -1.93. The van der Waals surface area contributed by atoms with Gasteiger partial charge in [-0.15, -0.1) is 0 Å². The first-order valence-corrected chi connectivity index (χ1v) is 6.35. The SMILES string of the molecule is CC(C)(C)c1cc(C(=O)N[C@H](CO)C(=O)O)cc(Cl)n1. The molecule has 1 aromatic rings. The first-order chi connectivity index (χ1) is 9.15. The highest BCUT2D eigenvalue weighted by Gasteiger charge is 2.22. The zero-order chi connectivity index (χ0) is 15.5. The Bertz CT molecular complexity index is 526. The Labute approximate surface area is 121 Å². The van der Waals surface area contributed by atoms with Crippen LogP contribution in [0, 0.1) is 0 Å². The van der Waals surface area contributed by atoms with Crippen molar-refractivity contribution in [2.75, 3.05) is 6.61 Å². The molecule has 110 valence electrons. The van der Waals surface area contributed by atoms with Crippen molar-refractivity contribution in [3.05, 3.63) is 28.5 Å². The van der Waals surface area contributed by atoms with Crippen molar-refractivity contribution in [2.24, 2.45) is 0 Å². The Morgan fingerprint density at radius 1 is 1.40 bits per heavy atom. The number of pyridine rings is 1. The summed E-state index contributed by atoms with van der Waals surface area (Å²) in [6, 6.07) is 1.55. The third-order valence-corrected chi connectivity index (χ3v) is 2.80. The van der Waals surface area contributed by atoms with E-state index in [1.807, 2.05) is 20.8 Å². The fourth-order valence-electron chi connectivity index (χ4n) is 1.44. The molecule has 0 saturated heterocycles. The molecule has 3 N–H and O–H groups in total. The predicted molar refractivity (Wildman–Crippen MR) is 73.9 cm³/mol. The summed E-state index contributed by atoms with van der Waals surface area (Å²) in [6.07, 6.45) is 0. The van der Waals surface area contributed by atoms with E-state index in [1.54, 1.807) is 6.07 Å². The molecule has 20 heavy (non-hydrogen) atoms. The second-order valence-electron chi connectivity index (χ2n) is 5.36. The Morgan fingerprint density at radius 2 is 2.00 bits per heavy atom. The van der Waals surface area contributed by atoms with Gasteiger partial charge in [-0.2, -0.15) is 0 Å². The quantitative estimate of drug-likeness (QED) is 0.726. The van der Waals surface area contributed by atoms with Crippen LogP contribution in [-0.2, 0) is 10.2 Å². The Hall–Kier alpha value is -1.66. The topological polar surface area (TPSA) is 99.5 Å². The Balaban J connectivity index is 3.05. The molecular weight excluding hydrogens is 284 g/mol. The molecular formula is C13H17ClN2O4. The first-order valence-electron chi connectivity index (χ1n) is 5.97. The molecule has 1 aromatic heterocycles. The zero-order valence-electron chi connectivity index (χ0n) is 11.5. The van der Waals surface area contributed by atoms with E-state index < -0.39 is 24.5 Å². The maximum atomic E-state index is 12.0. The van der Waals surface area contributed by atoms with Crippen molar-refractivity contribution in [2.45, 2.75) is 32.2 Å². The highest BCUT2D eigenvalue weighted by molar-refractivity contribution is 6.29. The summed E-state index contributed by atoms with van der Waals surface area (Å²) in [5, 5.41) is 20.1. The largest absolute Gasteiger partial charge is 0.480 e. The molecule has 0 aliphatic heterocycles. The molecule has 0 radical (unpaired) electrons. The third kappa shape index (κ3) is 4.18.